The molecule has 1 saturated heterocycles. The fourth-order valence-electron chi connectivity index (χ4n) is 3.36. The molecule has 0 aliphatic carbocycles. The van der Waals surface area contributed by atoms with E-state index in [0.29, 0.717) is 38.1 Å². The smallest absolute Gasteiger partial charge is 0.244 e. The summed E-state index contributed by atoms with van der Waals surface area (Å²) in [6.45, 7) is 2.43. The van der Waals surface area contributed by atoms with Crippen LogP contribution in [0.4, 0.5) is 4.39 Å². The van der Waals surface area contributed by atoms with Gasteiger partial charge in [-0.05, 0) is 49.8 Å². The number of nitrogens with one attached hydrogen (secondary N) is 2. The van der Waals surface area contributed by atoms with Crippen LogP contribution >= 0.6 is 11.8 Å². The second kappa shape index (κ2) is 11.6. The Morgan fingerprint density at radius 1 is 1.23 bits per heavy atom. The Hall–Kier alpha value is -1.21. The van der Waals surface area contributed by atoms with Gasteiger partial charge in [-0.2, -0.15) is 16.5 Å². The van der Waals surface area contributed by atoms with E-state index in [-0.39, 0.29) is 18.2 Å². The molecule has 1 aliphatic heterocycles. The number of thioether (sulfide) groups is 1. The van der Waals surface area contributed by atoms with E-state index in [1.165, 1.54) is 28.2 Å². The molecule has 0 bridgehead atoms. The number of hydrogen-bond donors (Lipinski definition) is 2. The predicted octanol–water partition coefficient (Wildman–Crippen LogP) is 1.55. The molecule has 1 aromatic carbocycles. The highest BCUT2D eigenvalue weighted by Gasteiger charge is 2.31. The summed E-state index contributed by atoms with van der Waals surface area (Å²) in [5.41, 5.74) is 0. The number of hydrogen-bond acceptors (Lipinski definition) is 6. The van der Waals surface area contributed by atoms with E-state index in [2.05, 4.69) is 10.0 Å². The number of rotatable bonds is 11. The van der Waals surface area contributed by atoms with Crippen LogP contribution in [0.2, 0.25) is 0 Å². The molecule has 176 valence electrons. The number of carbonyl (C=O) groups is 1. The maximum absolute atomic E-state index is 14.0. The van der Waals surface area contributed by atoms with Gasteiger partial charge in [0.25, 0.3) is 0 Å². The third-order valence-electron chi connectivity index (χ3n) is 5.01. The highest BCUT2D eigenvalue weighted by molar-refractivity contribution is 7.98. The molecule has 31 heavy (non-hydrogen) atoms. The van der Waals surface area contributed by atoms with Crippen LogP contribution in [0.15, 0.2) is 29.2 Å². The molecule has 0 spiro atoms. The Kier molecular flexibility index (Phi) is 9.74. The fraction of sp³-hybridized carbons (Fsp3) is 0.632. The monoisotopic (exact) mass is 495 g/mol. The molecule has 8 nitrogen and oxygen atoms in total. The van der Waals surface area contributed by atoms with Crippen molar-refractivity contribution in [1.29, 1.82) is 0 Å². The van der Waals surface area contributed by atoms with Gasteiger partial charge in [0.2, 0.25) is 26.0 Å². The van der Waals surface area contributed by atoms with Crippen LogP contribution in [0.3, 0.4) is 0 Å². The lowest BCUT2D eigenvalue weighted by atomic mass is 10.1. The summed E-state index contributed by atoms with van der Waals surface area (Å²) >= 11 is 1.46. The van der Waals surface area contributed by atoms with Crippen LogP contribution in [0.25, 0.3) is 0 Å². The number of amides is 1. The number of halogens is 1. The summed E-state index contributed by atoms with van der Waals surface area (Å²) < 4.78 is 67.4. The van der Waals surface area contributed by atoms with Crippen molar-refractivity contribution in [2.24, 2.45) is 0 Å². The number of sulfonamides is 2. The van der Waals surface area contributed by atoms with Gasteiger partial charge in [-0.1, -0.05) is 19.1 Å². The van der Waals surface area contributed by atoms with E-state index in [4.69, 9.17) is 0 Å². The number of piperidine rings is 1. The quantitative estimate of drug-likeness (QED) is 0.482. The molecule has 2 rings (SSSR count). The molecule has 1 unspecified atom stereocenters. The van der Waals surface area contributed by atoms with Crippen molar-refractivity contribution in [3.63, 3.8) is 0 Å². The molecule has 1 aliphatic rings. The first-order valence-corrected chi connectivity index (χ1v) is 14.6. The van der Waals surface area contributed by atoms with Crippen LogP contribution in [0, 0.1) is 5.82 Å². The summed E-state index contributed by atoms with van der Waals surface area (Å²) in [7, 11) is -7.51. The molecule has 1 aromatic rings. The molecule has 12 heteroatoms. The van der Waals surface area contributed by atoms with Crippen molar-refractivity contribution in [3.8, 4) is 0 Å². The minimum absolute atomic E-state index is 0.0958. The first kappa shape index (κ1) is 26.0. The maximum atomic E-state index is 14.0. The summed E-state index contributed by atoms with van der Waals surface area (Å²) in [6, 6.07) is 3.68. The van der Waals surface area contributed by atoms with Crippen molar-refractivity contribution in [2.45, 2.75) is 49.6 Å². The fourth-order valence-corrected chi connectivity index (χ4v) is 6.68. The first-order valence-electron chi connectivity index (χ1n) is 10.1. The van der Waals surface area contributed by atoms with Gasteiger partial charge in [0.15, 0.2) is 0 Å². The Morgan fingerprint density at radius 2 is 1.87 bits per heavy atom. The molecule has 1 amide bonds. The van der Waals surface area contributed by atoms with Crippen molar-refractivity contribution in [3.05, 3.63) is 30.1 Å². The van der Waals surface area contributed by atoms with E-state index >= 15 is 0 Å². The van der Waals surface area contributed by atoms with Crippen molar-refractivity contribution >= 4 is 37.7 Å². The maximum Gasteiger partial charge on any atom is 0.244 e. The van der Waals surface area contributed by atoms with Gasteiger partial charge in [0, 0.05) is 19.1 Å². The van der Waals surface area contributed by atoms with Gasteiger partial charge in [-0.15, -0.1) is 0 Å². The lowest BCUT2D eigenvalue weighted by molar-refractivity contribution is -0.123. The molecular weight excluding hydrogens is 465 g/mol. The Labute approximate surface area is 188 Å². The van der Waals surface area contributed by atoms with Gasteiger partial charge >= 0.3 is 0 Å². The third kappa shape index (κ3) is 7.41. The largest absolute Gasteiger partial charge is 0.352 e. The Bertz CT molecular complexity index is 948. The minimum Gasteiger partial charge on any atom is -0.352 e. The molecule has 1 heterocycles. The summed E-state index contributed by atoms with van der Waals surface area (Å²) in [5, 5.41) is 2.83. The highest BCUT2D eigenvalue weighted by atomic mass is 32.2. The van der Waals surface area contributed by atoms with Crippen LogP contribution < -0.4 is 10.0 Å². The zero-order valence-corrected chi connectivity index (χ0v) is 20.2. The van der Waals surface area contributed by atoms with E-state index in [1.807, 2.05) is 13.2 Å². The second-order valence-corrected chi connectivity index (χ2v) is 12.1. The van der Waals surface area contributed by atoms with E-state index in [9.17, 15) is 26.0 Å². The van der Waals surface area contributed by atoms with Gasteiger partial charge in [0.1, 0.15) is 16.8 Å². The SMILES string of the molecule is CCCS(=O)(=O)N1CCC(NC(=O)C(CCSC)NS(=O)(=O)c2ccccc2F)CC1. The number of benzene rings is 1. The van der Waals surface area contributed by atoms with Gasteiger partial charge < -0.3 is 5.32 Å². The predicted molar refractivity (Wildman–Crippen MR) is 120 cm³/mol. The van der Waals surface area contributed by atoms with E-state index < -0.39 is 42.7 Å². The second-order valence-electron chi connectivity index (χ2n) is 7.38. The summed E-state index contributed by atoms with van der Waals surface area (Å²) in [5.74, 6) is -0.756. The van der Waals surface area contributed by atoms with Crippen molar-refractivity contribution in [2.75, 3.05) is 30.9 Å². The first-order chi connectivity index (χ1) is 14.6. The lowest BCUT2D eigenvalue weighted by Crippen LogP contribution is -2.53. The van der Waals surface area contributed by atoms with Gasteiger partial charge in [0.05, 0.1) is 5.75 Å². The normalized spacial score (nSPS) is 17.4. The minimum atomic E-state index is -4.22. The van der Waals surface area contributed by atoms with E-state index in [0.717, 1.165) is 12.1 Å². The molecule has 0 radical (unpaired) electrons. The Morgan fingerprint density at radius 3 is 2.45 bits per heavy atom. The molecule has 0 aromatic heterocycles. The van der Waals surface area contributed by atoms with Crippen LogP contribution in [0.5, 0.6) is 0 Å². The van der Waals surface area contributed by atoms with Crippen LogP contribution in [0.1, 0.15) is 32.6 Å². The molecule has 1 atom stereocenters. The number of carbonyl (C=O) groups excluding carboxylic acids is 1. The van der Waals surface area contributed by atoms with Crippen molar-refractivity contribution in [1.82, 2.24) is 14.3 Å². The topological polar surface area (TPSA) is 113 Å². The van der Waals surface area contributed by atoms with Crippen molar-refractivity contribution < 1.29 is 26.0 Å². The van der Waals surface area contributed by atoms with Crippen LogP contribution in [-0.2, 0) is 24.8 Å². The zero-order chi connectivity index (χ0) is 23.1. The molecule has 0 saturated carbocycles. The average molecular weight is 496 g/mol. The average Bonchev–Trinajstić information content (AvgIpc) is 2.71. The summed E-state index contributed by atoms with van der Waals surface area (Å²) in [4.78, 5) is 12.3. The molecule has 2 N–H and O–H groups in total. The third-order valence-corrected chi connectivity index (χ3v) is 9.23. The Balaban J connectivity index is 2.03. The zero-order valence-electron chi connectivity index (χ0n) is 17.7. The van der Waals surface area contributed by atoms with Gasteiger partial charge in [-0.25, -0.2) is 25.5 Å². The van der Waals surface area contributed by atoms with Gasteiger partial charge in [-0.3, -0.25) is 4.79 Å². The summed E-state index contributed by atoms with van der Waals surface area (Å²) in [6.07, 6.45) is 3.52. The standard InChI is InChI=1S/C19H30FN3O5S3/c1-3-14-30(25,26)23-11-8-15(9-12-23)21-19(24)17(10-13-29-2)22-31(27,28)18-7-5-4-6-16(18)20/h4-7,15,17,22H,3,8-14H2,1-2H3,(H,21,24). The number of nitrogens with zero attached hydrogens (tertiary/aromatic N) is 1. The van der Waals surface area contributed by atoms with Crippen LogP contribution in [-0.4, -0.2) is 70.0 Å². The molecular formula is C19H30FN3O5S3. The van der Waals surface area contributed by atoms with E-state index in [1.54, 1.807) is 0 Å². The highest BCUT2D eigenvalue weighted by Crippen LogP contribution is 2.17. The lowest BCUT2D eigenvalue weighted by Gasteiger charge is -2.32. The molecule has 1 fully saturated rings.